The van der Waals surface area contributed by atoms with E-state index in [0.29, 0.717) is 17.8 Å². The fraction of sp³-hybridized carbons (Fsp3) is 0.533. The Bertz CT molecular complexity index is 584. The summed E-state index contributed by atoms with van der Waals surface area (Å²) >= 11 is 0. The number of rotatable bonds is 4. The van der Waals surface area contributed by atoms with Crippen LogP contribution in [0.4, 0.5) is 0 Å². The number of hydrogen-bond acceptors (Lipinski definition) is 6. The second-order valence-electron chi connectivity index (χ2n) is 5.79. The first-order chi connectivity index (χ1) is 10.2. The molecule has 1 saturated heterocycles. The Morgan fingerprint density at radius 2 is 2.29 bits per heavy atom. The highest BCUT2D eigenvalue weighted by molar-refractivity contribution is 5.51. The van der Waals surface area contributed by atoms with E-state index in [0.717, 1.165) is 18.7 Å². The predicted molar refractivity (Wildman–Crippen MR) is 77.6 cm³/mol. The lowest BCUT2D eigenvalue weighted by Crippen LogP contribution is -2.28. The normalized spacial score (nSPS) is 23.0. The molecular formula is C15H20N4O2. The van der Waals surface area contributed by atoms with Crippen molar-refractivity contribution in [3.63, 3.8) is 0 Å². The van der Waals surface area contributed by atoms with Gasteiger partial charge in [0.15, 0.2) is 0 Å². The summed E-state index contributed by atoms with van der Waals surface area (Å²) in [5, 5.41) is 13.6. The van der Waals surface area contributed by atoms with Gasteiger partial charge in [-0.2, -0.15) is 4.98 Å². The fourth-order valence-electron chi connectivity index (χ4n) is 2.79. The van der Waals surface area contributed by atoms with Crippen LogP contribution in [0, 0.1) is 5.92 Å². The molecule has 2 aromatic heterocycles. The molecular weight excluding hydrogens is 268 g/mol. The van der Waals surface area contributed by atoms with Crippen LogP contribution in [0.15, 0.2) is 29.0 Å². The zero-order chi connectivity index (χ0) is 14.8. The van der Waals surface area contributed by atoms with Crippen LogP contribution in [-0.2, 0) is 0 Å². The van der Waals surface area contributed by atoms with Gasteiger partial charge in [-0.05, 0) is 26.0 Å². The molecule has 3 rings (SSSR count). The second-order valence-corrected chi connectivity index (χ2v) is 5.79. The summed E-state index contributed by atoms with van der Waals surface area (Å²) in [5.41, 5.74) is 0.840. The molecule has 0 spiro atoms. The number of nitrogens with zero attached hydrogens (tertiary/aromatic N) is 4. The molecule has 112 valence electrons. The van der Waals surface area contributed by atoms with Crippen LogP contribution in [0.3, 0.4) is 0 Å². The second kappa shape index (κ2) is 5.91. The van der Waals surface area contributed by atoms with Gasteiger partial charge < -0.3 is 9.63 Å². The topological polar surface area (TPSA) is 75.3 Å². The van der Waals surface area contributed by atoms with Gasteiger partial charge in [0.25, 0.3) is 0 Å². The highest BCUT2D eigenvalue weighted by Gasteiger charge is 2.37. The predicted octanol–water partition coefficient (Wildman–Crippen LogP) is 1.55. The van der Waals surface area contributed by atoms with Gasteiger partial charge in [-0.25, -0.2) is 0 Å². The molecule has 1 aliphatic heterocycles. The number of aliphatic hydroxyl groups excluding tert-OH is 1. The third-order valence-electron chi connectivity index (χ3n) is 4.11. The molecule has 1 N–H and O–H groups in total. The molecule has 0 unspecified atom stereocenters. The van der Waals surface area contributed by atoms with Crippen molar-refractivity contribution in [2.45, 2.75) is 25.8 Å². The maximum atomic E-state index is 9.59. The Kier molecular flexibility index (Phi) is 3.98. The lowest BCUT2D eigenvalue weighted by atomic mass is 9.97. The van der Waals surface area contributed by atoms with Crippen molar-refractivity contribution in [3.8, 4) is 11.4 Å². The highest BCUT2D eigenvalue weighted by Crippen LogP contribution is 2.33. The van der Waals surface area contributed by atoms with E-state index >= 15 is 0 Å². The largest absolute Gasteiger partial charge is 0.396 e. The van der Waals surface area contributed by atoms with E-state index in [9.17, 15) is 5.11 Å². The molecule has 6 nitrogen and oxygen atoms in total. The molecule has 1 aliphatic rings. The van der Waals surface area contributed by atoms with Gasteiger partial charge in [-0.15, -0.1) is 0 Å². The Morgan fingerprint density at radius 3 is 2.95 bits per heavy atom. The molecule has 3 heterocycles. The minimum absolute atomic E-state index is 0.0929. The summed E-state index contributed by atoms with van der Waals surface area (Å²) in [6.07, 6.45) is 3.43. The molecule has 2 atom stereocenters. The monoisotopic (exact) mass is 288 g/mol. The van der Waals surface area contributed by atoms with Crippen LogP contribution < -0.4 is 0 Å². The molecule has 2 aromatic rings. The molecule has 0 aromatic carbocycles. The molecule has 0 bridgehead atoms. The summed E-state index contributed by atoms with van der Waals surface area (Å²) in [4.78, 5) is 10.9. The first kappa shape index (κ1) is 14.2. The zero-order valence-electron chi connectivity index (χ0n) is 12.3. The van der Waals surface area contributed by atoms with Gasteiger partial charge >= 0.3 is 0 Å². The summed E-state index contributed by atoms with van der Waals surface area (Å²) in [6.45, 7) is 6.16. The number of aromatic nitrogens is 3. The molecule has 0 aliphatic carbocycles. The van der Waals surface area contributed by atoms with Crippen molar-refractivity contribution in [2.24, 2.45) is 5.92 Å². The lowest BCUT2D eigenvalue weighted by Gasteiger charge is -2.19. The number of likely N-dealkylation sites (tertiary alicyclic amines) is 1. The van der Waals surface area contributed by atoms with Crippen molar-refractivity contribution in [2.75, 3.05) is 19.7 Å². The van der Waals surface area contributed by atoms with E-state index < -0.39 is 0 Å². The van der Waals surface area contributed by atoms with Gasteiger partial charge in [0.05, 0.1) is 5.92 Å². The van der Waals surface area contributed by atoms with Crippen molar-refractivity contribution in [3.05, 3.63) is 30.4 Å². The maximum absolute atomic E-state index is 9.59. The summed E-state index contributed by atoms with van der Waals surface area (Å²) < 4.78 is 5.44. The smallest absolute Gasteiger partial charge is 0.231 e. The summed E-state index contributed by atoms with van der Waals surface area (Å²) in [7, 11) is 0. The maximum Gasteiger partial charge on any atom is 0.231 e. The van der Waals surface area contributed by atoms with Crippen LogP contribution in [0.2, 0.25) is 0 Å². The molecule has 21 heavy (non-hydrogen) atoms. The van der Waals surface area contributed by atoms with Gasteiger partial charge in [-0.3, -0.25) is 9.88 Å². The number of hydrogen-bond donors (Lipinski definition) is 1. The average molecular weight is 288 g/mol. The van der Waals surface area contributed by atoms with E-state index in [4.69, 9.17) is 4.52 Å². The van der Waals surface area contributed by atoms with Crippen molar-refractivity contribution in [1.29, 1.82) is 0 Å². The summed E-state index contributed by atoms with van der Waals surface area (Å²) in [6, 6.07) is 4.20. The first-order valence-electron chi connectivity index (χ1n) is 7.28. The number of pyridine rings is 1. The molecule has 0 radical (unpaired) electrons. The molecule has 6 heteroatoms. The molecule has 0 saturated carbocycles. The summed E-state index contributed by atoms with van der Waals surface area (Å²) in [5.74, 6) is 1.40. The van der Waals surface area contributed by atoms with Crippen molar-refractivity contribution in [1.82, 2.24) is 20.0 Å². The van der Waals surface area contributed by atoms with E-state index in [1.54, 1.807) is 12.4 Å². The van der Waals surface area contributed by atoms with Crippen molar-refractivity contribution >= 4 is 0 Å². The van der Waals surface area contributed by atoms with Gasteiger partial charge in [0.2, 0.25) is 11.7 Å². The van der Waals surface area contributed by atoms with Gasteiger partial charge in [0, 0.05) is 49.6 Å². The van der Waals surface area contributed by atoms with Crippen LogP contribution in [0.25, 0.3) is 11.4 Å². The van der Waals surface area contributed by atoms with E-state index in [1.165, 1.54) is 0 Å². The standard InChI is InChI=1S/C15H20N4O2/c1-10(2)19-7-12(9-20)13(8-19)15-17-14(18-21-15)11-4-3-5-16-6-11/h3-6,10,12-13,20H,7-9H2,1-2H3/t12-,13+/m0/s1. The zero-order valence-corrected chi connectivity index (χ0v) is 12.3. The molecule has 0 amide bonds. The first-order valence-corrected chi connectivity index (χ1v) is 7.28. The fourth-order valence-corrected chi connectivity index (χ4v) is 2.79. The minimum Gasteiger partial charge on any atom is -0.396 e. The Balaban J connectivity index is 1.82. The minimum atomic E-state index is 0.0929. The van der Waals surface area contributed by atoms with Crippen LogP contribution in [0.5, 0.6) is 0 Å². The highest BCUT2D eigenvalue weighted by atomic mass is 16.5. The van der Waals surface area contributed by atoms with Crippen LogP contribution >= 0.6 is 0 Å². The molecule has 1 fully saturated rings. The van der Waals surface area contributed by atoms with Gasteiger partial charge in [-0.1, -0.05) is 5.16 Å². The van der Waals surface area contributed by atoms with E-state index in [2.05, 4.69) is 33.9 Å². The lowest BCUT2D eigenvalue weighted by molar-refractivity contribution is 0.200. The van der Waals surface area contributed by atoms with Crippen molar-refractivity contribution < 1.29 is 9.63 Å². The third kappa shape index (κ3) is 2.82. The quantitative estimate of drug-likeness (QED) is 0.920. The van der Waals surface area contributed by atoms with E-state index in [-0.39, 0.29) is 18.4 Å². The Morgan fingerprint density at radius 1 is 1.43 bits per heavy atom. The Labute approximate surface area is 123 Å². The average Bonchev–Trinajstić information content (AvgIpc) is 3.14. The Hall–Kier alpha value is -1.79. The SMILES string of the molecule is CC(C)N1C[C@@H](CO)[C@H](c2nc(-c3cccnc3)no2)C1. The van der Waals surface area contributed by atoms with E-state index in [1.807, 2.05) is 12.1 Å². The third-order valence-corrected chi connectivity index (χ3v) is 4.11. The van der Waals surface area contributed by atoms with Crippen LogP contribution in [0.1, 0.15) is 25.7 Å². The van der Waals surface area contributed by atoms with Crippen LogP contribution in [-0.4, -0.2) is 50.9 Å². The number of aliphatic hydroxyl groups is 1. The van der Waals surface area contributed by atoms with Gasteiger partial charge in [0.1, 0.15) is 0 Å².